The van der Waals surface area contributed by atoms with Crippen molar-refractivity contribution in [1.29, 1.82) is 0 Å². The number of hydrogen-bond donors (Lipinski definition) is 1. The Balaban J connectivity index is 2.96. The quantitative estimate of drug-likeness (QED) is 0.852. The van der Waals surface area contributed by atoms with Gasteiger partial charge < -0.3 is 10.6 Å². The Labute approximate surface area is 97.3 Å². The topological polar surface area (TPSA) is 29.3 Å². The number of nitrogens with two attached hydrogens (primary N) is 1. The van der Waals surface area contributed by atoms with Crippen LogP contribution < -0.4 is 10.6 Å². The summed E-state index contributed by atoms with van der Waals surface area (Å²) in [4.78, 5) is 1.97. The van der Waals surface area contributed by atoms with Gasteiger partial charge in [-0.3, -0.25) is 0 Å². The molecule has 1 aromatic carbocycles. The van der Waals surface area contributed by atoms with Gasteiger partial charge >= 0.3 is 0 Å². The van der Waals surface area contributed by atoms with Crippen LogP contribution in [0.25, 0.3) is 0 Å². The van der Waals surface area contributed by atoms with Crippen molar-refractivity contribution in [2.45, 2.75) is 33.4 Å². The van der Waals surface area contributed by atoms with Gasteiger partial charge in [-0.15, -0.1) is 0 Å². The molecule has 0 aliphatic heterocycles. The Morgan fingerprint density at radius 1 is 1.31 bits per heavy atom. The molecule has 0 fully saturated rings. The molecular weight excluding hydrogens is 203 g/mol. The lowest BCUT2D eigenvalue weighted by molar-refractivity contribution is 0.497. The molecular formula is C13H21FN2. The Morgan fingerprint density at radius 2 is 1.94 bits per heavy atom. The van der Waals surface area contributed by atoms with Crippen LogP contribution in [0.4, 0.5) is 10.1 Å². The molecule has 2 N–H and O–H groups in total. The zero-order valence-corrected chi connectivity index (χ0v) is 10.5. The van der Waals surface area contributed by atoms with E-state index in [1.165, 1.54) is 6.07 Å². The van der Waals surface area contributed by atoms with Crippen molar-refractivity contribution in [2.24, 2.45) is 11.7 Å². The van der Waals surface area contributed by atoms with Crippen LogP contribution in [0.15, 0.2) is 18.2 Å². The second-order valence-corrected chi connectivity index (χ2v) is 4.59. The molecule has 1 aromatic rings. The number of benzene rings is 1. The maximum Gasteiger partial charge on any atom is 0.146 e. The molecule has 1 atom stereocenters. The molecule has 1 rings (SSSR count). The summed E-state index contributed by atoms with van der Waals surface area (Å²) in [5.41, 5.74) is 6.94. The third kappa shape index (κ3) is 2.73. The summed E-state index contributed by atoms with van der Waals surface area (Å²) in [6.45, 7) is 6.74. The molecule has 2 nitrogen and oxygen atoms in total. The fourth-order valence-electron chi connectivity index (χ4n) is 1.63. The van der Waals surface area contributed by atoms with E-state index >= 15 is 0 Å². The largest absolute Gasteiger partial charge is 0.369 e. The highest BCUT2D eigenvalue weighted by Gasteiger charge is 2.16. The van der Waals surface area contributed by atoms with Crippen LogP contribution in [0, 0.1) is 11.7 Å². The third-order valence-electron chi connectivity index (χ3n) is 3.20. The van der Waals surface area contributed by atoms with Crippen molar-refractivity contribution >= 4 is 5.69 Å². The van der Waals surface area contributed by atoms with Crippen LogP contribution >= 0.6 is 0 Å². The molecule has 0 amide bonds. The van der Waals surface area contributed by atoms with E-state index < -0.39 is 0 Å². The average Bonchev–Trinajstić information content (AvgIpc) is 2.26. The third-order valence-corrected chi connectivity index (χ3v) is 3.20. The van der Waals surface area contributed by atoms with E-state index in [0.29, 0.717) is 24.2 Å². The highest BCUT2D eigenvalue weighted by atomic mass is 19.1. The zero-order valence-electron chi connectivity index (χ0n) is 10.5. The van der Waals surface area contributed by atoms with Crippen molar-refractivity contribution in [2.75, 3.05) is 11.9 Å². The van der Waals surface area contributed by atoms with Gasteiger partial charge in [0.1, 0.15) is 5.82 Å². The van der Waals surface area contributed by atoms with Gasteiger partial charge in [-0.05, 0) is 30.5 Å². The number of hydrogen-bond acceptors (Lipinski definition) is 2. The summed E-state index contributed by atoms with van der Waals surface area (Å²) >= 11 is 0. The second-order valence-electron chi connectivity index (χ2n) is 4.59. The molecule has 90 valence electrons. The normalized spacial score (nSPS) is 12.9. The minimum atomic E-state index is -0.196. The van der Waals surface area contributed by atoms with Crippen molar-refractivity contribution in [3.05, 3.63) is 29.6 Å². The molecule has 0 radical (unpaired) electrons. The lowest BCUT2D eigenvalue weighted by Gasteiger charge is -2.30. The van der Waals surface area contributed by atoms with Gasteiger partial charge in [-0.2, -0.15) is 0 Å². The van der Waals surface area contributed by atoms with Gasteiger partial charge in [-0.1, -0.05) is 19.9 Å². The van der Waals surface area contributed by atoms with Gasteiger partial charge in [0.15, 0.2) is 0 Å². The standard InChI is InChI=1S/C13H21FN2/c1-9(2)10(3)16(4)13-6-5-11(8-15)7-12(13)14/h5-7,9-10H,8,15H2,1-4H3. The first-order valence-corrected chi connectivity index (χ1v) is 5.68. The van der Waals surface area contributed by atoms with Crippen LogP contribution in [0.5, 0.6) is 0 Å². The fourth-order valence-corrected chi connectivity index (χ4v) is 1.63. The number of rotatable bonds is 4. The molecule has 0 heterocycles. The summed E-state index contributed by atoms with van der Waals surface area (Å²) in [6.07, 6.45) is 0. The Morgan fingerprint density at radius 3 is 2.38 bits per heavy atom. The van der Waals surface area contributed by atoms with E-state index in [2.05, 4.69) is 20.8 Å². The Hall–Kier alpha value is -1.09. The van der Waals surface area contributed by atoms with Crippen LogP contribution in [-0.4, -0.2) is 13.1 Å². The van der Waals surface area contributed by atoms with E-state index in [1.807, 2.05) is 18.0 Å². The van der Waals surface area contributed by atoms with Gasteiger partial charge in [0, 0.05) is 19.6 Å². The highest BCUT2D eigenvalue weighted by Crippen LogP contribution is 2.23. The van der Waals surface area contributed by atoms with Gasteiger partial charge in [0.05, 0.1) is 5.69 Å². The maximum atomic E-state index is 13.8. The number of halogens is 1. The van der Waals surface area contributed by atoms with Crippen molar-refractivity contribution in [1.82, 2.24) is 0 Å². The van der Waals surface area contributed by atoms with Gasteiger partial charge in [0.25, 0.3) is 0 Å². The lowest BCUT2D eigenvalue weighted by Crippen LogP contribution is -2.33. The van der Waals surface area contributed by atoms with E-state index in [9.17, 15) is 4.39 Å². The second kappa shape index (κ2) is 5.30. The van der Waals surface area contributed by atoms with Crippen molar-refractivity contribution in [3.63, 3.8) is 0 Å². The van der Waals surface area contributed by atoms with E-state index in [4.69, 9.17) is 5.73 Å². The number of nitrogens with zero attached hydrogens (tertiary/aromatic N) is 1. The van der Waals surface area contributed by atoms with Crippen LogP contribution in [0.2, 0.25) is 0 Å². The summed E-state index contributed by atoms with van der Waals surface area (Å²) in [7, 11) is 1.92. The smallest absolute Gasteiger partial charge is 0.146 e. The van der Waals surface area contributed by atoms with Crippen molar-refractivity contribution < 1.29 is 4.39 Å². The first-order chi connectivity index (χ1) is 7.47. The Kier molecular flexibility index (Phi) is 4.30. The first kappa shape index (κ1) is 13.0. The summed E-state index contributed by atoms with van der Waals surface area (Å²) in [5, 5.41) is 0. The van der Waals surface area contributed by atoms with Crippen molar-refractivity contribution in [3.8, 4) is 0 Å². The fraction of sp³-hybridized carbons (Fsp3) is 0.538. The molecule has 3 heteroatoms. The summed E-state index contributed by atoms with van der Waals surface area (Å²) in [6, 6.07) is 5.50. The number of anilines is 1. The van der Waals surface area contributed by atoms with E-state index in [-0.39, 0.29) is 5.82 Å². The minimum absolute atomic E-state index is 0.196. The van der Waals surface area contributed by atoms with E-state index in [1.54, 1.807) is 6.07 Å². The molecule has 16 heavy (non-hydrogen) atoms. The molecule has 0 bridgehead atoms. The molecule has 0 aliphatic rings. The molecule has 0 aliphatic carbocycles. The minimum Gasteiger partial charge on any atom is -0.369 e. The molecule has 1 unspecified atom stereocenters. The van der Waals surface area contributed by atoms with Crippen LogP contribution in [0.1, 0.15) is 26.3 Å². The van der Waals surface area contributed by atoms with Gasteiger partial charge in [-0.25, -0.2) is 4.39 Å². The molecule has 0 saturated heterocycles. The molecule has 0 spiro atoms. The lowest BCUT2D eigenvalue weighted by atomic mass is 10.0. The first-order valence-electron chi connectivity index (χ1n) is 5.68. The zero-order chi connectivity index (χ0) is 12.3. The predicted octanol–water partition coefficient (Wildman–Crippen LogP) is 2.77. The monoisotopic (exact) mass is 224 g/mol. The summed E-state index contributed by atoms with van der Waals surface area (Å²) in [5.74, 6) is 0.288. The predicted molar refractivity (Wildman–Crippen MR) is 67.0 cm³/mol. The van der Waals surface area contributed by atoms with Crippen LogP contribution in [0.3, 0.4) is 0 Å². The van der Waals surface area contributed by atoms with Crippen LogP contribution in [-0.2, 0) is 6.54 Å². The van der Waals surface area contributed by atoms with E-state index in [0.717, 1.165) is 5.56 Å². The van der Waals surface area contributed by atoms with Gasteiger partial charge in [0.2, 0.25) is 0 Å². The molecule has 0 saturated carbocycles. The SMILES string of the molecule is CC(C)C(C)N(C)c1ccc(CN)cc1F. The Bertz CT molecular complexity index is 350. The molecule has 0 aromatic heterocycles. The summed E-state index contributed by atoms with van der Waals surface area (Å²) < 4.78 is 13.8. The average molecular weight is 224 g/mol. The maximum absolute atomic E-state index is 13.8. The highest BCUT2D eigenvalue weighted by molar-refractivity contribution is 5.49.